The van der Waals surface area contributed by atoms with Gasteiger partial charge in [0.05, 0.1) is 11.2 Å². The zero-order valence-electron chi connectivity index (χ0n) is 8.47. The molecule has 0 aromatic carbocycles. The fourth-order valence-electron chi connectivity index (χ4n) is 1.32. The minimum absolute atomic E-state index is 0.175. The summed E-state index contributed by atoms with van der Waals surface area (Å²) in [6, 6.07) is 3.52. The summed E-state index contributed by atoms with van der Waals surface area (Å²) < 4.78 is 5.12. The Morgan fingerprint density at radius 3 is 3.06 bits per heavy atom. The van der Waals surface area contributed by atoms with Gasteiger partial charge in [-0.05, 0) is 23.9 Å². The van der Waals surface area contributed by atoms with Crippen molar-refractivity contribution in [3.63, 3.8) is 0 Å². The molecule has 0 atom stereocenters. The van der Waals surface area contributed by atoms with Crippen LogP contribution in [0.25, 0.3) is 6.08 Å². The number of carbonyl (C=O) groups is 1. The first-order chi connectivity index (χ1) is 7.72. The molecule has 2 rings (SSSR count). The van der Waals surface area contributed by atoms with Crippen LogP contribution in [0.3, 0.4) is 0 Å². The lowest BCUT2D eigenvalue weighted by molar-refractivity contribution is -0.121. The lowest BCUT2D eigenvalue weighted by atomic mass is 10.3. The number of furan rings is 1. The molecule has 1 fully saturated rings. The van der Waals surface area contributed by atoms with Crippen LogP contribution in [0.15, 0.2) is 40.4 Å². The average Bonchev–Trinajstić information content (AvgIpc) is 2.84. The van der Waals surface area contributed by atoms with Crippen molar-refractivity contribution in [3.8, 4) is 0 Å². The molecule has 1 N–H and O–H groups in total. The summed E-state index contributed by atoms with van der Waals surface area (Å²) in [5.74, 6) is 0.440. The number of carbonyl (C=O) groups excluding carboxylic acids is 1. The summed E-state index contributed by atoms with van der Waals surface area (Å²) in [5, 5.41) is 7.87. The highest BCUT2D eigenvalue weighted by molar-refractivity contribution is 8.18. The Labute approximate surface area is 97.1 Å². The maximum absolute atomic E-state index is 11.8. The van der Waals surface area contributed by atoms with Gasteiger partial charge in [-0.25, -0.2) is 0 Å². The molecule has 1 aliphatic rings. The average molecular weight is 234 g/mol. The van der Waals surface area contributed by atoms with E-state index < -0.39 is 0 Å². The molecule has 16 heavy (non-hydrogen) atoms. The predicted molar refractivity (Wildman–Crippen MR) is 63.9 cm³/mol. The summed E-state index contributed by atoms with van der Waals surface area (Å²) in [6.07, 6.45) is 4.79. The third-order valence-electron chi connectivity index (χ3n) is 2.04. The first kappa shape index (κ1) is 10.8. The van der Waals surface area contributed by atoms with E-state index in [4.69, 9.17) is 9.83 Å². The lowest BCUT2D eigenvalue weighted by Gasteiger charge is -2.09. The number of nitrogens with zero attached hydrogens (tertiary/aromatic N) is 1. The molecule has 0 radical (unpaired) electrons. The molecule has 0 aliphatic carbocycles. The van der Waals surface area contributed by atoms with Gasteiger partial charge < -0.3 is 4.42 Å². The van der Waals surface area contributed by atoms with Crippen LogP contribution in [0.4, 0.5) is 0 Å². The van der Waals surface area contributed by atoms with Gasteiger partial charge in [0.15, 0.2) is 5.17 Å². The summed E-state index contributed by atoms with van der Waals surface area (Å²) in [4.78, 5) is 13.7. The summed E-state index contributed by atoms with van der Waals surface area (Å²) in [5.41, 5.74) is 0. The van der Waals surface area contributed by atoms with Crippen LogP contribution in [0.5, 0.6) is 0 Å². The quantitative estimate of drug-likeness (QED) is 0.645. The number of nitrogens with one attached hydrogen (secondary N) is 1. The third-order valence-corrected chi connectivity index (χ3v) is 2.96. The molecule has 1 aromatic heterocycles. The van der Waals surface area contributed by atoms with Crippen molar-refractivity contribution in [1.82, 2.24) is 4.90 Å². The highest BCUT2D eigenvalue weighted by Gasteiger charge is 2.31. The van der Waals surface area contributed by atoms with Crippen molar-refractivity contribution >= 4 is 28.9 Å². The van der Waals surface area contributed by atoms with E-state index in [1.807, 2.05) is 0 Å². The van der Waals surface area contributed by atoms with E-state index in [2.05, 4.69) is 6.58 Å². The van der Waals surface area contributed by atoms with Gasteiger partial charge in [0.1, 0.15) is 5.76 Å². The van der Waals surface area contributed by atoms with Crippen molar-refractivity contribution in [1.29, 1.82) is 5.41 Å². The first-order valence-electron chi connectivity index (χ1n) is 4.66. The molecule has 5 heteroatoms. The van der Waals surface area contributed by atoms with Crippen molar-refractivity contribution < 1.29 is 9.21 Å². The molecule has 1 aliphatic heterocycles. The maximum atomic E-state index is 11.8. The van der Waals surface area contributed by atoms with E-state index in [1.54, 1.807) is 30.5 Å². The van der Waals surface area contributed by atoms with Crippen LogP contribution in [-0.4, -0.2) is 22.5 Å². The minimum Gasteiger partial charge on any atom is -0.465 e. The standard InChI is InChI=1S/C11H10N2O2S/c1-2-5-13-10(14)9(16-11(13)12)7-8-4-3-6-15-8/h2-4,6-7,12H,1,5H2/b9-7+,12-11?. The van der Waals surface area contributed by atoms with Crippen LogP contribution in [0.2, 0.25) is 0 Å². The van der Waals surface area contributed by atoms with Crippen molar-refractivity contribution in [2.45, 2.75) is 0 Å². The summed E-state index contributed by atoms with van der Waals surface area (Å²) in [7, 11) is 0. The van der Waals surface area contributed by atoms with E-state index in [9.17, 15) is 4.79 Å². The lowest BCUT2D eigenvalue weighted by Crippen LogP contribution is -2.28. The smallest absolute Gasteiger partial charge is 0.267 e. The van der Waals surface area contributed by atoms with Gasteiger partial charge >= 0.3 is 0 Å². The highest BCUT2D eigenvalue weighted by atomic mass is 32.2. The molecule has 1 aromatic rings. The molecule has 4 nitrogen and oxygen atoms in total. The number of amides is 1. The Kier molecular flexibility index (Phi) is 2.96. The van der Waals surface area contributed by atoms with Gasteiger partial charge in [-0.3, -0.25) is 15.1 Å². The topological polar surface area (TPSA) is 57.3 Å². The molecule has 1 saturated heterocycles. The summed E-state index contributed by atoms with van der Waals surface area (Å²) >= 11 is 1.13. The third kappa shape index (κ3) is 1.94. The minimum atomic E-state index is -0.175. The summed E-state index contributed by atoms with van der Waals surface area (Å²) in [6.45, 7) is 3.92. The van der Waals surface area contributed by atoms with E-state index in [0.29, 0.717) is 17.2 Å². The Balaban J connectivity index is 2.23. The number of hydrogen-bond acceptors (Lipinski definition) is 4. The van der Waals surface area contributed by atoms with Crippen LogP contribution >= 0.6 is 11.8 Å². The zero-order valence-corrected chi connectivity index (χ0v) is 9.29. The van der Waals surface area contributed by atoms with Crippen molar-refractivity contribution in [3.05, 3.63) is 41.7 Å². The van der Waals surface area contributed by atoms with E-state index in [1.165, 1.54) is 4.90 Å². The van der Waals surface area contributed by atoms with Gasteiger partial charge in [-0.1, -0.05) is 6.08 Å². The highest BCUT2D eigenvalue weighted by Crippen LogP contribution is 2.31. The normalized spacial score (nSPS) is 18.5. The second kappa shape index (κ2) is 4.40. The Morgan fingerprint density at radius 2 is 2.44 bits per heavy atom. The molecular formula is C11H10N2O2S. The van der Waals surface area contributed by atoms with Crippen LogP contribution < -0.4 is 0 Å². The van der Waals surface area contributed by atoms with Crippen LogP contribution in [-0.2, 0) is 4.79 Å². The first-order valence-corrected chi connectivity index (χ1v) is 5.48. The van der Waals surface area contributed by atoms with Gasteiger partial charge in [0.2, 0.25) is 0 Å². The Bertz CT molecular complexity index is 462. The maximum Gasteiger partial charge on any atom is 0.267 e. The number of thioether (sulfide) groups is 1. The molecule has 2 heterocycles. The second-order valence-corrected chi connectivity index (χ2v) is 4.17. The van der Waals surface area contributed by atoms with Gasteiger partial charge in [0, 0.05) is 12.6 Å². The molecule has 0 bridgehead atoms. The van der Waals surface area contributed by atoms with Crippen molar-refractivity contribution in [2.24, 2.45) is 0 Å². The van der Waals surface area contributed by atoms with E-state index in [-0.39, 0.29) is 11.1 Å². The van der Waals surface area contributed by atoms with Crippen LogP contribution in [0, 0.1) is 5.41 Å². The fourth-order valence-corrected chi connectivity index (χ4v) is 2.17. The van der Waals surface area contributed by atoms with Gasteiger partial charge in [0.25, 0.3) is 5.91 Å². The fraction of sp³-hybridized carbons (Fsp3) is 0.0909. The van der Waals surface area contributed by atoms with E-state index in [0.717, 1.165) is 11.8 Å². The zero-order chi connectivity index (χ0) is 11.5. The molecule has 0 spiro atoms. The van der Waals surface area contributed by atoms with E-state index >= 15 is 0 Å². The number of amidine groups is 1. The van der Waals surface area contributed by atoms with Crippen LogP contribution in [0.1, 0.15) is 5.76 Å². The van der Waals surface area contributed by atoms with Gasteiger partial charge in [-0.15, -0.1) is 6.58 Å². The SMILES string of the molecule is C=CCN1C(=N)S/C(=C/c2ccco2)C1=O. The Hall–Kier alpha value is -1.75. The van der Waals surface area contributed by atoms with Crippen molar-refractivity contribution in [2.75, 3.05) is 6.54 Å². The Morgan fingerprint density at radius 1 is 1.62 bits per heavy atom. The molecule has 0 saturated carbocycles. The largest absolute Gasteiger partial charge is 0.465 e. The predicted octanol–water partition coefficient (Wildman–Crippen LogP) is 2.32. The molecule has 0 unspecified atom stereocenters. The van der Waals surface area contributed by atoms with Gasteiger partial charge in [-0.2, -0.15) is 0 Å². The molecule has 1 amide bonds. The molecule has 82 valence electrons. The number of rotatable bonds is 3. The second-order valence-electron chi connectivity index (χ2n) is 3.14. The monoisotopic (exact) mass is 234 g/mol. The molecular weight excluding hydrogens is 224 g/mol. The number of hydrogen-bond donors (Lipinski definition) is 1.